The van der Waals surface area contributed by atoms with Crippen LogP contribution >= 0.6 is 15.9 Å². The summed E-state index contributed by atoms with van der Waals surface area (Å²) in [7, 11) is 1.64. The molecule has 0 saturated carbocycles. The molecule has 1 aromatic heterocycles. The zero-order chi connectivity index (χ0) is 13.7. The number of rotatable bonds is 6. The molecule has 0 saturated heterocycles. The van der Waals surface area contributed by atoms with Gasteiger partial charge in [0.2, 0.25) is 0 Å². The van der Waals surface area contributed by atoms with Crippen molar-refractivity contribution < 1.29 is 4.74 Å². The molecule has 0 aliphatic carbocycles. The van der Waals surface area contributed by atoms with Crippen LogP contribution in [0, 0.1) is 5.92 Å². The predicted molar refractivity (Wildman–Crippen MR) is 75.8 cm³/mol. The van der Waals surface area contributed by atoms with Gasteiger partial charge in [0.15, 0.2) is 0 Å². The first kappa shape index (κ1) is 15.4. The average Bonchev–Trinajstić information content (AvgIpc) is 2.31. The number of hydrogen-bond donors (Lipinski definition) is 1. The van der Waals surface area contributed by atoms with Crippen LogP contribution in [-0.2, 0) is 11.2 Å². The highest BCUT2D eigenvalue weighted by molar-refractivity contribution is 9.10. The molecule has 1 atom stereocenters. The average molecular weight is 317 g/mol. The Morgan fingerprint density at radius 3 is 2.61 bits per heavy atom. The summed E-state index contributed by atoms with van der Waals surface area (Å²) in [5.74, 6) is 1.08. The van der Waals surface area contributed by atoms with Gasteiger partial charge in [-0.2, -0.15) is 0 Å². The fourth-order valence-corrected chi connectivity index (χ4v) is 2.18. The Bertz CT molecular complexity index is 443. The molecule has 0 aliphatic heterocycles. The molecule has 0 spiro atoms. The lowest BCUT2D eigenvalue weighted by Crippen LogP contribution is -2.19. The van der Waals surface area contributed by atoms with E-state index in [4.69, 9.17) is 4.74 Å². The lowest BCUT2D eigenvalue weighted by Gasteiger charge is -2.15. The first-order chi connectivity index (χ1) is 8.49. The van der Waals surface area contributed by atoms with Crippen molar-refractivity contribution in [2.24, 2.45) is 5.92 Å². The quantitative estimate of drug-likeness (QED) is 0.876. The van der Waals surface area contributed by atoms with Crippen molar-refractivity contribution in [1.82, 2.24) is 9.97 Å². The lowest BCUT2D eigenvalue weighted by molar-refractivity contribution is 0.0871. The summed E-state index contributed by atoms with van der Waals surface area (Å²) in [4.78, 5) is 19.2. The van der Waals surface area contributed by atoms with Gasteiger partial charge in [-0.15, -0.1) is 0 Å². The maximum atomic E-state index is 11.9. The van der Waals surface area contributed by atoms with E-state index in [0.717, 1.165) is 25.0 Å². The number of hydrogen-bond acceptors (Lipinski definition) is 3. The molecule has 0 amide bonds. The molecule has 0 radical (unpaired) electrons. The second-order valence-corrected chi connectivity index (χ2v) is 5.62. The molecule has 0 fully saturated rings. The number of halogens is 1. The molecule has 1 N–H and O–H groups in total. The standard InChI is InChI=1S/C13H21BrN2O2/c1-5-6-10(18-4)12-15-9(7-8(2)3)11(14)13(17)16-12/h8,10H,5-7H2,1-4H3,(H,15,16,17). The van der Waals surface area contributed by atoms with E-state index in [1.54, 1.807) is 7.11 Å². The fraction of sp³-hybridized carbons (Fsp3) is 0.692. The number of nitrogens with zero attached hydrogens (tertiary/aromatic N) is 1. The molecule has 102 valence electrons. The first-order valence-electron chi connectivity index (χ1n) is 6.30. The van der Waals surface area contributed by atoms with E-state index in [9.17, 15) is 4.79 Å². The van der Waals surface area contributed by atoms with E-state index in [0.29, 0.717) is 16.2 Å². The molecule has 18 heavy (non-hydrogen) atoms. The number of H-pyrrole nitrogens is 1. The van der Waals surface area contributed by atoms with E-state index in [2.05, 4.69) is 46.7 Å². The second kappa shape index (κ2) is 7.04. The Balaban J connectivity index is 3.14. The van der Waals surface area contributed by atoms with E-state index >= 15 is 0 Å². The van der Waals surface area contributed by atoms with Crippen LogP contribution in [0.25, 0.3) is 0 Å². The van der Waals surface area contributed by atoms with Gasteiger partial charge in [0.25, 0.3) is 5.56 Å². The highest BCUT2D eigenvalue weighted by Gasteiger charge is 2.16. The maximum Gasteiger partial charge on any atom is 0.265 e. The maximum absolute atomic E-state index is 11.9. The van der Waals surface area contributed by atoms with Gasteiger partial charge in [0.1, 0.15) is 16.4 Å². The molecule has 1 rings (SSSR count). The lowest BCUT2D eigenvalue weighted by atomic mass is 10.1. The Labute approximate surface area is 116 Å². The molecule has 0 aromatic carbocycles. The van der Waals surface area contributed by atoms with Gasteiger partial charge < -0.3 is 9.72 Å². The van der Waals surface area contributed by atoms with Gasteiger partial charge >= 0.3 is 0 Å². The van der Waals surface area contributed by atoms with Crippen LogP contribution in [0.5, 0.6) is 0 Å². The van der Waals surface area contributed by atoms with Crippen molar-refractivity contribution in [3.63, 3.8) is 0 Å². The number of aromatic nitrogens is 2. The Morgan fingerprint density at radius 1 is 1.44 bits per heavy atom. The SMILES string of the molecule is CCCC(OC)c1nc(CC(C)C)c(Br)c(=O)[nH]1. The topological polar surface area (TPSA) is 55.0 Å². The molecular weight excluding hydrogens is 296 g/mol. The Morgan fingerprint density at radius 2 is 2.11 bits per heavy atom. The van der Waals surface area contributed by atoms with Crippen molar-refractivity contribution in [3.8, 4) is 0 Å². The highest BCUT2D eigenvalue weighted by atomic mass is 79.9. The fourth-order valence-electron chi connectivity index (χ4n) is 1.83. The third-order valence-electron chi connectivity index (χ3n) is 2.69. The number of nitrogens with one attached hydrogen (secondary N) is 1. The first-order valence-corrected chi connectivity index (χ1v) is 7.10. The smallest absolute Gasteiger partial charge is 0.265 e. The predicted octanol–water partition coefficient (Wildman–Crippen LogP) is 3.22. The zero-order valence-electron chi connectivity index (χ0n) is 11.4. The molecular formula is C13H21BrN2O2. The molecule has 5 heteroatoms. The zero-order valence-corrected chi connectivity index (χ0v) is 13.0. The van der Waals surface area contributed by atoms with Crippen LogP contribution in [0.1, 0.15) is 51.2 Å². The number of aromatic amines is 1. The second-order valence-electron chi connectivity index (χ2n) is 4.82. The Kier molecular flexibility index (Phi) is 6.02. The van der Waals surface area contributed by atoms with Crippen molar-refractivity contribution in [2.45, 2.75) is 46.1 Å². The van der Waals surface area contributed by atoms with Crippen LogP contribution in [0.3, 0.4) is 0 Å². The van der Waals surface area contributed by atoms with Gasteiger partial charge in [-0.25, -0.2) is 4.98 Å². The molecule has 1 heterocycles. The van der Waals surface area contributed by atoms with Crippen molar-refractivity contribution in [2.75, 3.05) is 7.11 Å². The summed E-state index contributed by atoms with van der Waals surface area (Å²) < 4.78 is 5.92. The van der Waals surface area contributed by atoms with Gasteiger partial charge in [-0.3, -0.25) is 4.79 Å². The minimum atomic E-state index is -0.137. The van der Waals surface area contributed by atoms with Gasteiger partial charge in [0, 0.05) is 7.11 Å². The van der Waals surface area contributed by atoms with Crippen molar-refractivity contribution >= 4 is 15.9 Å². The molecule has 4 nitrogen and oxygen atoms in total. The molecule has 1 aromatic rings. The van der Waals surface area contributed by atoms with Gasteiger partial charge in [0.05, 0.1) is 5.69 Å². The van der Waals surface area contributed by atoms with Crippen molar-refractivity contribution in [3.05, 3.63) is 26.3 Å². The summed E-state index contributed by atoms with van der Waals surface area (Å²) in [6.07, 6.45) is 2.47. The van der Waals surface area contributed by atoms with E-state index in [-0.39, 0.29) is 11.7 Å². The van der Waals surface area contributed by atoms with Crippen LogP contribution < -0.4 is 5.56 Å². The van der Waals surface area contributed by atoms with Gasteiger partial charge in [-0.1, -0.05) is 27.2 Å². The normalized spacial score (nSPS) is 13.0. The summed E-state index contributed by atoms with van der Waals surface area (Å²) in [5.41, 5.74) is 0.677. The third-order valence-corrected chi connectivity index (χ3v) is 3.51. The summed E-state index contributed by atoms with van der Waals surface area (Å²) in [5, 5.41) is 0. The summed E-state index contributed by atoms with van der Waals surface area (Å²) >= 11 is 3.31. The summed E-state index contributed by atoms with van der Waals surface area (Å²) in [6, 6.07) is 0. The minimum Gasteiger partial charge on any atom is -0.374 e. The van der Waals surface area contributed by atoms with E-state index in [1.165, 1.54) is 0 Å². The monoisotopic (exact) mass is 316 g/mol. The van der Waals surface area contributed by atoms with E-state index in [1.807, 2.05) is 0 Å². The third kappa shape index (κ3) is 3.92. The van der Waals surface area contributed by atoms with Crippen LogP contribution in [0.4, 0.5) is 0 Å². The minimum absolute atomic E-state index is 0.131. The number of ether oxygens (including phenoxy) is 1. The van der Waals surface area contributed by atoms with Gasteiger partial charge in [-0.05, 0) is 34.7 Å². The molecule has 0 aliphatic rings. The molecule has 1 unspecified atom stereocenters. The summed E-state index contributed by atoms with van der Waals surface area (Å²) in [6.45, 7) is 6.29. The van der Waals surface area contributed by atoms with Crippen molar-refractivity contribution in [1.29, 1.82) is 0 Å². The van der Waals surface area contributed by atoms with Crippen LogP contribution in [-0.4, -0.2) is 17.1 Å². The van der Waals surface area contributed by atoms with Crippen LogP contribution in [0.2, 0.25) is 0 Å². The van der Waals surface area contributed by atoms with E-state index < -0.39 is 0 Å². The highest BCUT2D eigenvalue weighted by Crippen LogP contribution is 2.20. The molecule has 0 bridgehead atoms. The van der Waals surface area contributed by atoms with Crippen LogP contribution in [0.15, 0.2) is 9.27 Å². The Hall–Kier alpha value is -0.680. The largest absolute Gasteiger partial charge is 0.374 e. The number of methoxy groups -OCH3 is 1.